The summed E-state index contributed by atoms with van der Waals surface area (Å²) in [7, 11) is 0. The summed E-state index contributed by atoms with van der Waals surface area (Å²) < 4.78 is 31.9. The second kappa shape index (κ2) is 5.55. The van der Waals surface area contributed by atoms with E-state index >= 15 is 0 Å². The van der Waals surface area contributed by atoms with Crippen LogP contribution in [-0.2, 0) is 5.88 Å². The van der Waals surface area contributed by atoms with Gasteiger partial charge in [-0.1, -0.05) is 17.7 Å². The van der Waals surface area contributed by atoms with Crippen molar-refractivity contribution in [1.29, 1.82) is 0 Å². The van der Waals surface area contributed by atoms with Crippen LogP contribution in [-0.4, -0.2) is 0 Å². The zero-order valence-corrected chi connectivity index (χ0v) is 10.6. The maximum absolute atomic E-state index is 13.4. The molecule has 0 N–H and O–H groups in total. The first-order chi connectivity index (χ1) is 8.61. The van der Waals surface area contributed by atoms with Crippen molar-refractivity contribution < 1.29 is 13.5 Å². The molecule has 0 spiro atoms. The van der Waals surface area contributed by atoms with Gasteiger partial charge in [0.05, 0.1) is 10.9 Å². The number of benzene rings is 2. The van der Waals surface area contributed by atoms with E-state index in [1.807, 2.05) is 0 Å². The van der Waals surface area contributed by atoms with Gasteiger partial charge in [0.15, 0.2) is 0 Å². The van der Waals surface area contributed by atoms with Crippen LogP contribution in [0.3, 0.4) is 0 Å². The van der Waals surface area contributed by atoms with E-state index in [4.69, 9.17) is 27.9 Å². The van der Waals surface area contributed by atoms with Gasteiger partial charge in [0.2, 0.25) is 0 Å². The van der Waals surface area contributed by atoms with Crippen LogP contribution in [0.25, 0.3) is 0 Å². The lowest BCUT2D eigenvalue weighted by Crippen LogP contribution is -1.93. The highest BCUT2D eigenvalue weighted by molar-refractivity contribution is 6.30. The average molecular weight is 289 g/mol. The zero-order chi connectivity index (χ0) is 13.1. The summed E-state index contributed by atoms with van der Waals surface area (Å²) in [4.78, 5) is 0. The third kappa shape index (κ3) is 2.74. The molecule has 0 aliphatic rings. The van der Waals surface area contributed by atoms with Gasteiger partial charge in [-0.05, 0) is 24.3 Å². The van der Waals surface area contributed by atoms with Gasteiger partial charge < -0.3 is 4.74 Å². The van der Waals surface area contributed by atoms with Gasteiger partial charge in [0.25, 0.3) is 0 Å². The summed E-state index contributed by atoms with van der Waals surface area (Å²) in [6.07, 6.45) is 0. The molecule has 0 aliphatic carbocycles. The molecule has 0 bridgehead atoms. The van der Waals surface area contributed by atoms with Crippen LogP contribution in [0.1, 0.15) is 5.56 Å². The van der Waals surface area contributed by atoms with E-state index in [0.29, 0.717) is 5.75 Å². The molecule has 0 amide bonds. The number of rotatable bonds is 3. The Kier molecular flexibility index (Phi) is 4.04. The minimum atomic E-state index is -0.541. The Hall–Kier alpha value is -1.32. The molecule has 2 aromatic carbocycles. The predicted molar refractivity (Wildman–Crippen MR) is 67.4 cm³/mol. The lowest BCUT2D eigenvalue weighted by molar-refractivity contribution is 0.468. The third-order valence-electron chi connectivity index (χ3n) is 2.33. The summed E-state index contributed by atoms with van der Waals surface area (Å²) in [6.45, 7) is 0. The van der Waals surface area contributed by atoms with Gasteiger partial charge in [-0.2, -0.15) is 0 Å². The van der Waals surface area contributed by atoms with Gasteiger partial charge in [-0.25, -0.2) is 8.78 Å². The molecule has 0 aliphatic heterocycles. The highest BCUT2D eigenvalue weighted by Crippen LogP contribution is 2.30. The number of hydrogen-bond donors (Lipinski definition) is 0. The molecule has 1 nitrogen and oxygen atoms in total. The summed E-state index contributed by atoms with van der Waals surface area (Å²) in [6, 6.07) is 8.29. The van der Waals surface area contributed by atoms with Crippen molar-refractivity contribution in [3.63, 3.8) is 0 Å². The van der Waals surface area contributed by atoms with E-state index in [-0.39, 0.29) is 22.2 Å². The van der Waals surface area contributed by atoms with Crippen molar-refractivity contribution in [2.24, 2.45) is 0 Å². The molecule has 0 unspecified atom stereocenters. The molecular formula is C13H8Cl2F2O. The Balaban J connectivity index is 2.34. The average Bonchev–Trinajstić information content (AvgIpc) is 2.34. The van der Waals surface area contributed by atoms with Crippen molar-refractivity contribution in [2.45, 2.75) is 5.88 Å². The van der Waals surface area contributed by atoms with E-state index in [9.17, 15) is 8.78 Å². The maximum atomic E-state index is 13.4. The number of hydrogen-bond acceptors (Lipinski definition) is 1. The second-order valence-corrected chi connectivity index (χ2v) is 4.20. The van der Waals surface area contributed by atoms with Gasteiger partial charge in [0.1, 0.15) is 23.1 Å². The summed E-state index contributed by atoms with van der Waals surface area (Å²) in [5.41, 5.74) is 0.250. The Morgan fingerprint density at radius 1 is 1.06 bits per heavy atom. The maximum Gasteiger partial charge on any atom is 0.142 e. The van der Waals surface area contributed by atoms with Crippen LogP contribution in [0.15, 0.2) is 36.4 Å². The topological polar surface area (TPSA) is 9.23 Å². The largest absolute Gasteiger partial charge is 0.457 e. The molecule has 5 heteroatoms. The molecule has 2 aromatic rings. The van der Waals surface area contributed by atoms with Crippen LogP contribution < -0.4 is 4.74 Å². The van der Waals surface area contributed by atoms with Crippen LogP contribution in [0.2, 0.25) is 5.02 Å². The van der Waals surface area contributed by atoms with Crippen LogP contribution in [0.4, 0.5) is 8.78 Å². The fourth-order valence-corrected chi connectivity index (χ4v) is 1.86. The molecule has 0 radical (unpaired) electrons. The Labute approximate surface area is 113 Å². The first-order valence-electron chi connectivity index (χ1n) is 5.08. The molecular weight excluding hydrogens is 281 g/mol. The summed E-state index contributed by atoms with van der Waals surface area (Å²) >= 11 is 11.3. The first kappa shape index (κ1) is 13.1. The zero-order valence-electron chi connectivity index (χ0n) is 9.09. The third-order valence-corrected chi connectivity index (χ3v) is 2.89. The highest BCUT2D eigenvalue weighted by Gasteiger charge is 2.10. The predicted octanol–water partition coefficient (Wildman–Crippen LogP) is 5.15. The van der Waals surface area contributed by atoms with Crippen molar-refractivity contribution >= 4 is 23.2 Å². The van der Waals surface area contributed by atoms with Crippen molar-refractivity contribution in [3.8, 4) is 11.5 Å². The summed E-state index contributed by atoms with van der Waals surface area (Å²) in [5.74, 6) is -0.403. The molecule has 0 fully saturated rings. The Morgan fingerprint density at radius 2 is 1.83 bits per heavy atom. The van der Waals surface area contributed by atoms with E-state index in [0.717, 1.165) is 0 Å². The minimum Gasteiger partial charge on any atom is -0.457 e. The normalized spacial score (nSPS) is 10.4. The highest BCUT2D eigenvalue weighted by atomic mass is 35.5. The quantitative estimate of drug-likeness (QED) is 0.710. The second-order valence-electron chi connectivity index (χ2n) is 3.53. The Bertz CT molecular complexity index is 573. The standard InChI is InChI=1S/C13H8Cl2F2O/c14-7-9-11(16)2-1-3-13(9)18-8-4-5-12(17)10(15)6-8/h1-6H,7H2. The molecule has 0 aromatic heterocycles. The molecule has 0 heterocycles. The monoisotopic (exact) mass is 288 g/mol. The molecule has 0 saturated carbocycles. The van der Waals surface area contributed by atoms with Crippen LogP contribution in [0, 0.1) is 11.6 Å². The molecule has 94 valence electrons. The minimum absolute atomic E-state index is 0.0169. The van der Waals surface area contributed by atoms with Crippen LogP contribution >= 0.6 is 23.2 Å². The fraction of sp³-hybridized carbons (Fsp3) is 0.0769. The molecule has 2 rings (SSSR count). The molecule has 18 heavy (non-hydrogen) atoms. The lowest BCUT2D eigenvalue weighted by atomic mass is 10.2. The molecule has 0 atom stereocenters. The number of ether oxygens (including phenoxy) is 1. The number of alkyl halides is 1. The number of halogens is 4. The smallest absolute Gasteiger partial charge is 0.142 e. The van der Waals surface area contributed by atoms with Gasteiger partial charge >= 0.3 is 0 Å². The van der Waals surface area contributed by atoms with E-state index in [2.05, 4.69) is 0 Å². The fourth-order valence-electron chi connectivity index (χ4n) is 1.43. The van der Waals surface area contributed by atoms with Gasteiger partial charge in [0, 0.05) is 11.6 Å². The SMILES string of the molecule is Fc1ccc(Oc2cccc(F)c2CCl)cc1Cl. The van der Waals surface area contributed by atoms with Gasteiger partial charge in [-0.3, -0.25) is 0 Å². The van der Waals surface area contributed by atoms with Gasteiger partial charge in [-0.15, -0.1) is 11.6 Å². The van der Waals surface area contributed by atoms with E-state index in [1.165, 1.54) is 30.3 Å². The summed E-state index contributed by atoms with van der Waals surface area (Å²) in [5, 5.41) is -0.0590. The molecule has 0 saturated heterocycles. The van der Waals surface area contributed by atoms with Crippen LogP contribution in [0.5, 0.6) is 11.5 Å². The van der Waals surface area contributed by atoms with E-state index in [1.54, 1.807) is 6.07 Å². The van der Waals surface area contributed by atoms with Crippen molar-refractivity contribution in [2.75, 3.05) is 0 Å². The van der Waals surface area contributed by atoms with Crippen molar-refractivity contribution in [3.05, 3.63) is 58.6 Å². The first-order valence-corrected chi connectivity index (χ1v) is 5.99. The van der Waals surface area contributed by atoms with E-state index < -0.39 is 11.6 Å². The Morgan fingerprint density at radius 3 is 2.50 bits per heavy atom. The van der Waals surface area contributed by atoms with Crippen molar-refractivity contribution in [1.82, 2.24) is 0 Å². The lowest BCUT2D eigenvalue weighted by Gasteiger charge is -2.10.